The number of esters is 1. The number of nitrogens with one attached hydrogen (secondary N) is 1. The molecule has 3 rings (SSSR count). The summed E-state index contributed by atoms with van der Waals surface area (Å²) < 4.78 is 5.14. The lowest BCUT2D eigenvalue weighted by Crippen LogP contribution is -2.07. The lowest BCUT2D eigenvalue weighted by molar-refractivity contribution is 0.0486. The molecule has 1 fully saturated rings. The van der Waals surface area contributed by atoms with Gasteiger partial charge in [0.1, 0.15) is 5.52 Å². The Morgan fingerprint density at radius 3 is 3.19 bits per heavy atom. The molecule has 1 N–H and O–H groups in total. The molecule has 1 aliphatic carbocycles. The number of ether oxygens (including phenoxy) is 1. The Bertz CT molecular complexity index is 532. The largest absolute Gasteiger partial charge is 0.462 e. The van der Waals surface area contributed by atoms with Crippen LogP contribution in [0.3, 0.4) is 0 Å². The van der Waals surface area contributed by atoms with Crippen LogP contribution < -0.4 is 0 Å². The van der Waals surface area contributed by atoms with E-state index < -0.39 is 0 Å². The Morgan fingerprint density at radius 2 is 2.38 bits per heavy atom. The molecule has 0 saturated heterocycles. The van der Waals surface area contributed by atoms with Gasteiger partial charge in [0.15, 0.2) is 0 Å². The van der Waals surface area contributed by atoms with Gasteiger partial charge in [0.05, 0.1) is 12.2 Å². The van der Waals surface area contributed by atoms with Gasteiger partial charge in [-0.1, -0.05) is 0 Å². The number of aromatic amines is 1. The predicted octanol–water partition coefficient (Wildman–Crippen LogP) is 0.920. The Labute approximate surface area is 91.0 Å². The van der Waals surface area contributed by atoms with Gasteiger partial charge in [-0.3, -0.25) is 0 Å². The first-order valence-corrected chi connectivity index (χ1v) is 5.16. The van der Waals surface area contributed by atoms with E-state index in [1.807, 2.05) is 0 Å². The molecule has 0 amide bonds. The summed E-state index contributed by atoms with van der Waals surface area (Å²) in [4.78, 5) is 15.6. The number of hydrogen-bond acceptors (Lipinski definition) is 5. The van der Waals surface area contributed by atoms with E-state index in [-0.39, 0.29) is 5.97 Å². The van der Waals surface area contributed by atoms with Crippen molar-refractivity contribution in [3.8, 4) is 0 Å². The van der Waals surface area contributed by atoms with Crippen molar-refractivity contribution in [1.82, 2.24) is 20.4 Å². The van der Waals surface area contributed by atoms with Crippen LogP contribution in [-0.4, -0.2) is 33.0 Å². The minimum atomic E-state index is -0.343. The molecule has 0 bridgehead atoms. The zero-order valence-electron chi connectivity index (χ0n) is 8.51. The maximum absolute atomic E-state index is 11.6. The van der Waals surface area contributed by atoms with Gasteiger partial charge >= 0.3 is 5.97 Å². The molecule has 0 aromatic carbocycles. The van der Waals surface area contributed by atoms with Crippen molar-refractivity contribution < 1.29 is 9.53 Å². The van der Waals surface area contributed by atoms with Crippen LogP contribution in [0.4, 0.5) is 0 Å². The monoisotopic (exact) mass is 218 g/mol. The Hall–Kier alpha value is -1.98. The first kappa shape index (κ1) is 9.26. The zero-order valence-corrected chi connectivity index (χ0v) is 8.51. The van der Waals surface area contributed by atoms with E-state index in [0.29, 0.717) is 29.3 Å². The molecule has 6 nitrogen and oxygen atoms in total. The van der Waals surface area contributed by atoms with Crippen LogP contribution >= 0.6 is 0 Å². The maximum Gasteiger partial charge on any atom is 0.339 e. The molecule has 1 aliphatic rings. The molecule has 0 aliphatic heterocycles. The highest BCUT2D eigenvalue weighted by Crippen LogP contribution is 2.29. The number of pyridine rings is 1. The van der Waals surface area contributed by atoms with Gasteiger partial charge in [-0.2, -0.15) is 10.3 Å². The molecule has 0 atom stereocenters. The van der Waals surface area contributed by atoms with Crippen molar-refractivity contribution in [3.63, 3.8) is 0 Å². The lowest BCUT2D eigenvalue weighted by Gasteiger charge is -2.02. The molecule has 0 spiro atoms. The van der Waals surface area contributed by atoms with Gasteiger partial charge in [-0.05, 0) is 24.8 Å². The Kier molecular flexibility index (Phi) is 2.05. The smallest absolute Gasteiger partial charge is 0.339 e. The summed E-state index contributed by atoms with van der Waals surface area (Å²) in [5.74, 6) is 0.219. The number of carbonyl (C=O) groups excluding carboxylic acids is 1. The average molecular weight is 218 g/mol. The molecule has 82 valence electrons. The summed E-state index contributed by atoms with van der Waals surface area (Å²) >= 11 is 0. The molecule has 6 heteroatoms. The molecule has 0 radical (unpaired) electrons. The van der Waals surface area contributed by atoms with Gasteiger partial charge in [0.25, 0.3) is 0 Å². The fourth-order valence-corrected chi connectivity index (χ4v) is 1.41. The molecular formula is C10H10N4O2. The summed E-state index contributed by atoms with van der Waals surface area (Å²) in [7, 11) is 0. The van der Waals surface area contributed by atoms with E-state index in [4.69, 9.17) is 4.74 Å². The van der Waals surface area contributed by atoms with Crippen molar-refractivity contribution in [2.45, 2.75) is 12.8 Å². The third-order valence-electron chi connectivity index (χ3n) is 2.56. The van der Waals surface area contributed by atoms with E-state index in [1.54, 1.807) is 6.07 Å². The molecule has 2 aromatic heterocycles. The molecule has 16 heavy (non-hydrogen) atoms. The van der Waals surface area contributed by atoms with Crippen LogP contribution in [0.25, 0.3) is 11.2 Å². The topological polar surface area (TPSA) is 80.8 Å². The van der Waals surface area contributed by atoms with Crippen LogP contribution in [-0.2, 0) is 4.74 Å². The quantitative estimate of drug-likeness (QED) is 0.775. The van der Waals surface area contributed by atoms with Crippen LogP contribution in [0, 0.1) is 5.92 Å². The van der Waals surface area contributed by atoms with Gasteiger partial charge in [-0.15, -0.1) is 5.10 Å². The number of fused-ring (bicyclic) bond motifs is 1. The average Bonchev–Trinajstić information content (AvgIpc) is 3.01. The minimum absolute atomic E-state index is 0.343. The first-order chi connectivity index (χ1) is 7.83. The highest BCUT2D eigenvalue weighted by molar-refractivity contribution is 5.92. The second kappa shape index (κ2) is 3.55. The normalized spacial score (nSPS) is 15.2. The van der Waals surface area contributed by atoms with Gasteiger partial charge in [-0.25, -0.2) is 9.78 Å². The van der Waals surface area contributed by atoms with Gasteiger partial charge < -0.3 is 4.74 Å². The fourth-order valence-electron chi connectivity index (χ4n) is 1.41. The van der Waals surface area contributed by atoms with Gasteiger partial charge in [0, 0.05) is 6.20 Å². The maximum atomic E-state index is 11.6. The highest BCUT2D eigenvalue weighted by Gasteiger charge is 2.23. The molecular weight excluding hydrogens is 208 g/mol. The van der Waals surface area contributed by atoms with Crippen molar-refractivity contribution in [3.05, 3.63) is 17.8 Å². The molecule has 1 saturated carbocycles. The zero-order chi connectivity index (χ0) is 11.0. The van der Waals surface area contributed by atoms with E-state index in [1.165, 1.54) is 6.20 Å². The minimum Gasteiger partial charge on any atom is -0.462 e. The highest BCUT2D eigenvalue weighted by atomic mass is 16.5. The number of hydrogen-bond donors (Lipinski definition) is 1. The van der Waals surface area contributed by atoms with E-state index in [0.717, 1.165) is 12.8 Å². The first-order valence-electron chi connectivity index (χ1n) is 5.16. The van der Waals surface area contributed by atoms with Crippen LogP contribution in [0.2, 0.25) is 0 Å². The van der Waals surface area contributed by atoms with E-state index in [2.05, 4.69) is 20.4 Å². The summed E-state index contributed by atoms with van der Waals surface area (Å²) in [6.45, 7) is 0.510. The Morgan fingerprint density at radius 1 is 1.50 bits per heavy atom. The number of rotatable bonds is 3. The van der Waals surface area contributed by atoms with E-state index in [9.17, 15) is 4.79 Å². The number of nitrogens with zero attached hydrogens (tertiary/aromatic N) is 3. The lowest BCUT2D eigenvalue weighted by atomic mass is 10.3. The van der Waals surface area contributed by atoms with Crippen LogP contribution in [0.1, 0.15) is 23.2 Å². The standard InChI is InChI=1S/C10H10N4O2/c15-10(16-5-6-1-2-6)7-3-8-9(11-4-7)13-14-12-8/h3-4,6H,1-2,5H2,(H,11,12,13,14). The molecule has 0 unspecified atom stereocenters. The van der Waals surface area contributed by atoms with Crippen molar-refractivity contribution >= 4 is 17.1 Å². The second-order valence-corrected chi connectivity index (χ2v) is 3.93. The molecule has 2 aromatic rings. The SMILES string of the molecule is O=C(OCC1CC1)c1cnc2n[nH]nc2c1. The number of aromatic nitrogens is 4. The third-order valence-corrected chi connectivity index (χ3v) is 2.56. The Balaban J connectivity index is 1.78. The summed E-state index contributed by atoms with van der Waals surface area (Å²) in [6.07, 6.45) is 3.78. The summed E-state index contributed by atoms with van der Waals surface area (Å²) in [6, 6.07) is 1.63. The van der Waals surface area contributed by atoms with Crippen LogP contribution in [0.15, 0.2) is 12.3 Å². The van der Waals surface area contributed by atoms with Gasteiger partial charge in [0.2, 0.25) is 5.65 Å². The van der Waals surface area contributed by atoms with E-state index >= 15 is 0 Å². The van der Waals surface area contributed by atoms with Crippen molar-refractivity contribution in [2.75, 3.05) is 6.61 Å². The number of carbonyl (C=O) groups is 1. The van der Waals surface area contributed by atoms with Crippen molar-refractivity contribution in [2.24, 2.45) is 5.92 Å². The summed E-state index contributed by atoms with van der Waals surface area (Å²) in [5.41, 5.74) is 1.49. The summed E-state index contributed by atoms with van der Waals surface area (Å²) in [5, 5.41) is 10.1. The second-order valence-electron chi connectivity index (χ2n) is 3.93. The van der Waals surface area contributed by atoms with Crippen LogP contribution in [0.5, 0.6) is 0 Å². The number of H-pyrrole nitrogens is 1. The fraction of sp³-hybridized carbons (Fsp3) is 0.400. The predicted molar refractivity (Wildman–Crippen MR) is 54.7 cm³/mol. The van der Waals surface area contributed by atoms with Crippen molar-refractivity contribution in [1.29, 1.82) is 0 Å². The third kappa shape index (κ3) is 1.73. The molecule has 2 heterocycles.